The molecule has 4 rings (SSSR count). The molecule has 0 radical (unpaired) electrons. The molecule has 3 saturated carbocycles. The van der Waals surface area contributed by atoms with Crippen LogP contribution < -0.4 is 21.3 Å². The predicted molar refractivity (Wildman–Crippen MR) is 201 cm³/mol. The third-order valence-electron chi connectivity index (χ3n) is 12.5. The number of Topliss-reactive ketones (excluding diaryl/α,β-unsaturated/α-hetero) is 1. The van der Waals surface area contributed by atoms with E-state index < -0.39 is 67.3 Å². The number of nitrogens with zero attached hydrogens (tertiary/aromatic N) is 1. The summed E-state index contributed by atoms with van der Waals surface area (Å²) >= 11 is 0. The molecule has 13 heteroatoms. The fourth-order valence-corrected chi connectivity index (χ4v) is 10.4. The lowest BCUT2D eigenvalue weighted by Crippen LogP contribution is -2.65. The number of fused-ring (bicyclic) bond motifs is 1. The number of ketones is 1. The Labute approximate surface area is 311 Å². The number of terminal acetylenes is 1. The van der Waals surface area contributed by atoms with E-state index in [0.29, 0.717) is 45.2 Å². The van der Waals surface area contributed by atoms with E-state index in [1.807, 2.05) is 13.8 Å². The standard InChI is InChI=1S/C39H63N5O7S/c1-9-11-18-27(30(45)33(47)40-23-10-2)41-32(46)29-28-26(37(28,6)7)24-44(29)34(48)31(38(8)19-14-12-15-20-38)42-35(49)43-39(21-16-13-17-22-39)25-52(50,51)36(3,4)5/h1,26-29,31H,10-25H2,2-8H3,(H,40,47)(H,41,46)(H2,42,43,49)/t26?,27?,28-,29-,31+/m0/s1. The van der Waals surface area contributed by atoms with Crippen LogP contribution in [0.4, 0.5) is 4.79 Å². The first-order chi connectivity index (χ1) is 24.2. The second-order valence-electron chi connectivity index (χ2n) is 17.8. The molecule has 4 aliphatic rings. The number of piperidine rings is 1. The van der Waals surface area contributed by atoms with E-state index in [9.17, 15) is 32.4 Å². The summed E-state index contributed by atoms with van der Waals surface area (Å²) in [5, 5.41) is 11.5. The first kappa shape index (κ1) is 41.6. The van der Waals surface area contributed by atoms with Crippen molar-refractivity contribution in [3.05, 3.63) is 0 Å². The number of hydrogen-bond donors (Lipinski definition) is 4. The lowest BCUT2D eigenvalue weighted by atomic mass is 9.70. The van der Waals surface area contributed by atoms with Crippen molar-refractivity contribution in [2.45, 2.75) is 160 Å². The minimum Gasteiger partial charge on any atom is -0.349 e. The molecule has 0 aromatic carbocycles. The van der Waals surface area contributed by atoms with Crippen LogP contribution in [0.2, 0.25) is 0 Å². The zero-order valence-electron chi connectivity index (χ0n) is 32.5. The fourth-order valence-electron chi connectivity index (χ4n) is 8.92. The molecule has 0 aromatic rings. The van der Waals surface area contributed by atoms with Gasteiger partial charge < -0.3 is 26.2 Å². The van der Waals surface area contributed by atoms with Crippen LogP contribution in [-0.2, 0) is 29.0 Å². The third kappa shape index (κ3) is 8.96. The normalized spacial score (nSPS) is 25.7. The summed E-state index contributed by atoms with van der Waals surface area (Å²) in [5.41, 5.74) is -1.78. The number of sulfone groups is 1. The van der Waals surface area contributed by atoms with Crippen molar-refractivity contribution in [3.63, 3.8) is 0 Å². The Kier molecular flexibility index (Phi) is 12.9. The highest BCUT2D eigenvalue weighted by molar-refractivity contribution is 7.92. The molecule has 0 spiro atoms. The minimum atomic E-state index is -3.58. The topological polar surface area (TPSA) is 171 Å². The minimum absolute atomic E-state index is 0.0432. The Morgan fingerprint density at radius 1 is 0.923 bits per heavy atom. The Hall–Kier alpha value is -3.14. The van der Waals surface area contributed by atoms with Gasteiger partial charge in [0.25, 0.3) is 5.91 Å². The molecule has 0 bridgehead atoms. The van der Waals surface area contributed by atoms with Gasteiger partial charge in [-0.25, -0.2) is 13.2 Å². The highest BCUT2D eigenvalue weighted by Gasteiger charge is 2.70. The van der Waals surface area contributed by atoms with Crippen molar-refractivity contribution < 1.29 is 32.4 Å². The Morgan fingerprint density at radius 3 is 2.08 bits per heavy atom. The molecule has 5 atom stereocenters. The molecular formula is C39H63N5O7S. The summed E-state index contributed by atoms with van der Waals surface area (Å²) < 4.78 is 25.9. The largest absolute Gasteiger partial charge is 0.349 e. The van der Waals surface area contributed by atoms with Gasteiger partial charge in [-0.3, -0.25) is 19.2 Å². The van der Waals surface area contributed by atoms with Crippen LogP contribution in [0.1, 0.15) is 132 Å². The molecule has 1 heterocycles. The number of rotatable bonds is 14. The van der Waals surface area contributed by atoms with Crippen molar-refractivity contribution in [2.75, 3.05) is 18.8 Å². The Morgan fingerprint density at radius 2 is 1.52 bits per heavy atom. The zero-order valence-corrected chi connectivity index (χ0v) is 33.3. The Bertz CT molecular complexity index is 1520. The second-order valence-corrected chi connectivity index (χ2v) is 20.5. The van der Waals surface area contributed by atoms with E-state index in [0.717, 1.165) is 38.5 Å². The van der Waals surface area contributed by atoms with E-state index in [1.54, 1.807) is 25.7 Å². The van der Waals surface area contributed by atoms with Gasteiger partial charge in [0.15, 0.2) is 9.84 Å². The van der Waals surface area contributed by atoms with Gasteiger partial charge in [-0.1, -0.05) is 66.2 Å². The van der Waals surface area contributed by atoms with E-state index in [1.165, 1.54) is 0 Å². The maximum atomic E-state index is 14.9. The van der Waals surface area contributed by atoms with E-state index in [4.69, 9.17) is 6.42 Å². The molecule has 292 valence electrons. The predicted octanol–water partition coefficient (Wildman–Crippen LogP) is 4.02. The first-order valence-corrected chi connectivity index (χ1v) is 21.1. The van der Waals surface area contributed by atoms with Gasteiger partial charge in [0, 0.05) is 19.5 Å². The molecule has 1 aliphatic heterocycles. The number of urea groups is 1. The van der Waals surface area contributed by atoms with Gasteiger partial charge in [-0.2, -0.15) is 0 Å². The van der Waals surface area contributed by atoms with Gasteiger partial charge >= 0.3 is 6.03 Å². The maximum Gasteiger partial charge on any atom is 0.315 e. The summed E-state index contributed by atoms with van der Waals surface area (Å²) in [5.74, 6) is -0.289. The van der Waals surface area contributed by atoms with Crippen LogP contribution in [-0.4, -0.2) is 90.1 Å². The van der Waals surface area contributed by atoms with Gasteiger partial charge in [0.1, 0.15) is 12.1 Å². The Balaban J connectivity index is 1.62. The van der Waals surface area contributed by atoms with Crippen LogP contribution in [0.5, 0.6) is 0 Å². The van der Waals surface area contributed by atoms with Crippen LogP contribution in [0.15, 0.2) is 0 Å². The van der Waals surface area contributed by atoms with Gasteiger partial charge in [-0.15, -0.1) is 12.3 Å². The number of likely N-dealkylation sites (tertiary alicyclic amines) is 1. The summed E-state index contributed by atoms with van der Waals surface area (Å²) in [6, 6.07) is -3.61. The summed E-state index contributed by atoms with van der Waals surface area (Å²) in [7, 11) is -3.58. The fraction of sp³-hybridized carbons (Fsp3) is 0.821. The molecule has 52 heavy (non-hydrogen) atoms. The highest BCUT2D eigenvalue weighted by Crippen LogP contribution is 2.65. The molecule has 3 aliphatic carbocycles. The van der Waals surface area contributed by atoms with E-state index in [2.05, 4.69) is 41.0 Å². The SMILES string of the molecule is C#CCCC(NC(=O)[C@@H]1[C@@H]2C(CN1C(=O)[C@@H](NC(=O)NC1(CS(=O)(=O)C(C)(C)C)CCCCC1)C1(C)CCCCC1)C2(C)C)C(=O)C(=O)NCCC. The first-order valence-electron chi connectivity index (χ1n) is 19.4. The second kappa shape index (κ2) is 16.1. The number of carbonyl (C=O) groups excluding carboxylic acids is 5. The van der Waals surface area contributed by atoms with Crippen molar-refractivity contribution in [3.8, 4) is 12.3 Å². The molecule has 2 unspecified atom stereocenters. The summed E-state index contributed by atoms with van der Waals surface area (Å²) in [6.07, 6.45) is 14.1. The van der Waals surface area contributed by atoms with E-state index in [-0.39, 0.29) is 41.8 Å². The number of amides is 5. The molecule has 12 nitrogen and oxygen atoms in total. The van der Waals surface area contributed by atoms with Gasteiger partial charge in [0.2, 0.25) is 17.6 Å². The molecule has 4 N–H and O–H groups in total. The lowest BCUT2D eigenvalue weighted by Gasteiger charge is -2.44. The monoisotopic (exact) mass is 745 g/mol. The van der Waals surface area contributed by atoms with Gasteiger partial charge in [0.05, 0.1) is 22.1 Å². The zero-order chi connectivity index (χ0) is 38.7. The van der Waals surface area contributed by atoms with Crippen molar-refractivity contribution in [1.29, 1.82) is 0 Å². The smallest absolute Gasteiger partial charge is 0.315 e. The average Bonchev–Trinajstić information content (AvgIpc) is 3.37. The molecule has 5 amide bonds. The average molecular weight is 746 g/mol. The number of hydrogen-bond acceptors (Lipinski definition) is 7. The molecular weight excluding hydrogens is 683 g/mol. The highest BCUT2D eigenvalue weighted by atomic mass is 32.2. The molecule has 4 fully saturated rings. The summed E-state index contributed by atoms with van der Waals surface area (Å²) in [6.45, 7) is 13.6. The van der Waals surface area contributed by atoms with Crippen LogP contribution in [0.3, 0.4) is 0 Å². The van der Waals surface area contributed by atoms with E-state index >= 15 is 0 Å². The van der Waals surface area contributed by atoms with Crippen LogP contribution in [0, 0.1) is 35.0 Å². The lowest BCUT2D eigenvalue weighted by molar-refractivity contribution is -0.146. The third-order valence-corrected chi connectivity index (χ3v) is 15.3. The quantitative estimate of drug-likeness (QED) is 0.154. The van der Waals surface area contributed by atoms with Crippen LogP contribution in [0.25, 0.3) is 0 Å². The maximum absolute atomic E-state index is 14.9. The van der Waals surface area contributed by atoms with Crippen LogP contribution >= 0.6 is 0 Å². The summed E-state index contributed by atoms with van der Waals surface area (Å²) in [4.78, 5) is 70.6. The number of carbonyl (C=O) groups is 5. The van der Waals surface area contributed by atoms with Gasteiger partial charge in [-0.05, 0) is 82.0 Å². The van der Waals surface area contributed by atoms with Crippen molar-refractivity contribution in [2.24, 2.45) is 22.7 Å². The molecule has 1 saturated heterocycles. The van der Waals surface area contributed by atoms with Crippen molar-refractivity contribution >= 4 is 39.4 Å². The number of nitrogens with one attached hydrogen (secondary N) is 4. The molecule has 0 aromatic heterocycles. The van der Waals surface area contributed by atoms with Crippen molar-refractivity contribution in [1.82, 2.24) is 26.2 Å².